The van der Waals surface area contributed by atoms with Gasteiger partial charge in [-0.1, -0.05) is 51.4 Å². The van der Waals surface area contributed by atoms with Gasteiger partial charge in [-0.3, -0.25) is 9.59 Å². The normalized spacial score (nSPS) is 13.4. The highest BCUT2D eigenvalue weighted by molar-refractivity contribution is 6.33. The Kier molecular flexibility index (Phi) is 7.90. The van der Waals surface area contributed by atoms with Crippen LogP contribution in [0.5, 0.6) is 0 Å². The van der Waals surface area contributed by atoms with E-state index in [-0.39, 0.29) is 22.4 Å². The number of hydrogen-bond acceptors (Lipinski definition) is 3. The molecular formula is C18H25ClN2O4. The van der Waals surface area contributed by atoms with Crippen LogP contribution in [0.1, 0.15) is 44.5 Å². The van der Waals surface area contributed by atoms with E-state index in [9.17, 15) is 19.5 Å². The molecule has 1 unspecified atom stereocenters. The third-order valence-electron chi connectivity index (χ3n) is 3.68. The first kappa shape index (κ1) is 21.0. The third-order valence-corrected chi connectivity index (χ3v) is 4.01. The molecule has 7 heteroatoms. The second-order valence-corrected chi connectivity index (χ2v) is 7.11. The van der Waals surface area contributed by atoms with Gasteiger partial charge in [-0.15, -0.1) is 0 Å². The SMILES string of the molecule is CC(C)C[C@@H](NC(=O)C(NC(=O)c1ccccc1Cl)C(C)C)C(=O)O. The van der Waals surface area contributed by atoms with Crippen LogP contribution in [-0.4, -0.2) is 35.0 Å². The number of carboxylic acids is 1. The largest absolute Gasteiger partial charge is 0.480 e. The van der Waals surface area contributed by atoms with Crippen molar-refractivity contribution in [3.8, 4) is 0 Å². The molecule has 1 rings (SSSR count). The molecule has 0 spiro atoms. The van der Waals surface area contributed by atoms with Gasteiger partial charge in [0.15, 0.2) is 0 Å². The Hall–Kier alpha value is -2.08. The fraction of sp³-hybridized carbons (Fsp3) is 0.500. The van der Waals surface area contributed by atoms with Crippen molar-refractivity contribution in [3.05, 3.63) is 34.9 Å². The van der Waals surface area contributed by atoms with E-state index in [1.165, 1.54) is 0 Å². The lowest BCUT2D eigenvalue weighted by atomic mass is 10.00. The van der Waals surface area contributed by atoms with E-state index >= 15 is 0 Å². The van der Waals surface area contributed by atoms with Crippen LogP contribution in [0.15, 0.2) is 24.3 Å². The number of carbonyl (C=O) groups excluding carboxylic acids is 2. The molecule has 138 valence electrons. The molecule has 0 aromatic heterocycles. The number of rotatable bonds is 8. The predicted molar refractivity (Wildman–Crippen MR) is 96.6 cm³/mol. The Labute approximate surface area is 152 Å². The van der Waals surface area contributed by atoms with Gasteiger partial charge in [0.05, 0.1) is 10.6 Å². The molecule has 2 amide bonds. The highest BCUT2D eigenvalue weighted by Crippen LogP contribution is 2.16. The zero-order valence-electron chi connectivity index (χ0n) is 14.9. The molecule has 0 bridgehead atoms. The number of carboxylic acid groups (broad SMARTS) is 1. The molecule has 0 aliphatic rings. The summed E-state index contributed by atoms with van der Waals surface area (Å²) in [5.41, 5.74) is 0.264. The van der Waals surface area contributed by atoms with Crippen LogP contribution >= 0.6 is 11.6 Å². The smallest absolute Gasteiger partial charge is 0.326 e. The van der Waals surface area contributed by atoms with Crippen LogP contribution < -0.4 is 10.6 Å². The first-order valence-corrected chi connectivity index (χ1v) is 8.59. The Morgan fingerprint density at radius 2 is 1.68 bits per heavy atom. The summed E-state index contributed by atoms with van der Waals surface area (Å²) < 4.78 is 0. The molecule has 0 fully saturated rings. The monoisotopic (exact) mass is 368 g/mol. The van der Waals surface area contributed by atoms with E-state index in [0.717, 1.165) is 0 Å². The molecule has 0 saturated carbocycles. The Bertz CT molecular complexity index is 631. The molecule has 0 aliphatic heterocycles. The van der Waals surface area contributed by atoms with Crippen LogP contribution in [0.25, 0.3) is 0 Å². The maximum atomic E-state index is 12.5. The minimum atomic E-state index is -1.10. The summed E-state index contributed by atoms with van der Waals surface area (Å²) in [5.74, 6) is -2.21. The van der Waals surface area contributed by atoms with E-state index in [1.807, 2.05) is 13.8 Å². The molecule has 6 nitrogen and oxygen atoms in total. The van der Waals surface area contributed by atoms with Crippen molar-refractivity contribution in [1.29, 1.82) is 0 Å². The second kappa shape index (κ2) is 9.42. The van der Waals surface area contributed by atoms with Gasteiger partial charge < -0.3 is 15.7 Å². The zero-order chi connectivity index (χ0) is 19.1. The van der Waals surface area contributed by atoms with Crippen LogP contribution in [0.4, 0.5) is 0 Å². The predicted octanol–water partition coefficient (Wildman–Crippen LogP) is 2.71. The van der Waals surface area contributed by atoms with Crippen LogP contribution in [0.3, 0.4) is 0 Å². The quantitative estimate of drug-likeness (QED) is 0.657. The number of hydrogen-bond donors (Lipinski definition) is 3. The number of halogens is 1. The molecular weight excluding hydrogens is 344 g/mol. The van der Waals surface area contributed by atoms with Crippen LogP contribution in [-0.2, 0) is 9.59 Å². The Balaban J connectivity index is 2.88. The lowest BCUT2D eigenvalue weighted by Crippen LogP contribution is -2.54. The topological polar surface area (TPSA) is 95.5 Å². The average Bonchev–Trinajstić information content (AvgIpc) is 2.51. The van der Waals surface area contributed by atoms with Crippen molar-refractivity contribution in [3.63, 3.8) is 0 Å². The number of nitrogens with one attached hydrogen (secondary N) is 2. The summed E-state index contributed by atoms with van der Waals surface area (Å²) in [6.45, 7) is 7.30. The van der Waals surface area contributed by atoms with E-state index in [4.69, 9.17) is 11.6 Å². The van der Waals surface area contributed by atoms with Gasteiger partial charge in [-0.25, -0.2) is 4.79 Å². The second-order valence-electron chi connectivity index (χ2n) is 6.70. The molecule has 1 aromatic rings. The van der Waals surface area contributed by atoms with Gasteiger partial charge in [-0.05, 0) is 30.4 Å². The van der Waals surface area contributed by atoms with Gasteiger partial charge in [0.2, 0.25) is 5.91 Å². The van der Waals surface area contributed by atoms with Crippen molar-refractivity contribution in [2.45, 2.75) is 46.2 Å². The molecule has 25 heavy (non-hydrogen) atoms. The van der Waals surface area contributed by atoms with Gasteiger partial charge >= 0.3 is 5.97 Å². The Morgan fingerprint density at radius 3 is 2.16 bits per heavy atom. The van der Waals surface area contributed by atoms with Crippen molar-refractivity contribution in [2.24, 2.45) is 11.8 Å². The third kappa shape index (κ3) is 6.38. The van der Waals surface area contributed by atoms with E-state index in [2.05, 4.69) is 10.6 Å². The minimum absolute atomic E-state index is 0.108. The summed E-state index contributed by atoms with van der Waals surface area (Å²) >= 11 is 6.01. The fourth-order valence-corrected chi connectivity index (χ4v) is 2.58. The highest BCUT2D eigenvalue weighted by Gasteiger charge is 2.29. The minimum Gasteiger partial charge on any atom is -0.480 e. The summed E-state index contributed by atoms with van der Waals surface area (Å²) in [6, 6.07) is 4.67. The zero-order valence-corrected chi connectivity index (χ0v) is 15.6. The van der Waals surface area contributed by atoms with E-state index < -0.39 is 29.9 Å². The molecule has 0 saturated heterocycles. The van der Waals surface area contributed by atoms with Gasteiger partial charge in [0.1, 0.15) is 12.1 Å². The maximum Gasteiger partial charge on any atom is 0.326 e. The molecule has 2 atom stereocenters. The number of aliphatic carboxylic acids is 1. The van der Waals surface area contributed by atoms with Crippen molar-refractivity contribution < 1.29 is 19.5 Å². The van der Waals surface area contributed by atoms with Crippen molar-refractivity contribution in [2.75, 3.05) is 0 Å². The summed E-state index contributed by atoms with van der Waals surface area (Å²) in [6.07, 6.45) is 0.310. The van der Waals surface area contributed by atoms with Gasteiger partial charge in [-0.2, -0.15) is 0 Å². The highest BCUT2D eigenvalue weighted by atomic mass is 35.5. The first-order chi connectivity index (χ1) is 11.6. The summed E-state index contributed by atoms with van der Waals surface area (Å²) in [7, 11) is 0. The Morgan fingerprint density at radius 1 is 1.08 bits per heavy atom. The van der Waals surface area contributed by atoms with Crippen LogP contribution in [0, 0.1) is 11.8 Å². The number of carbonyl (C=O) groups is 3. The standard InChI is InChI=1S/C18H25ClN2O4/c1-10(2)9-14(18(24)25)20-17(23)15(11(3)4)21-16(22)12-7-5-6-8-13(12)19/h5-8,10-11,14-15H,9H2,1-4H3,(H,20,23)(H,21,22)(H,24,25)/t14-,15?/m1/s1. The lowest BCUT2D eigenvalue weighted by molar-refractivity contribution is -0.142. The van der Waals surface area contributed by atoms with Crippen molar-refractivity contribution >= 4 is 29.4 Å². The van der Waals surface area contributed by atoms with Crippen LogP contribution in [0.2, 0.25) is 5.02 Å². The van der Waals surface area contributed by atoms with Gasteiger partial charge in [0.25, 0.3) is 5.91 Å². The van der Waals surface area contributed by atoms with E-state index in [1.54, 1.807) is 38.1 Å². The lowest BCUT2D eigenvalue weighted by Gasteiger charge is -2.24. The number of amides is 2. The fourth-order valence-electron chi connectivity index (χ4n) is 2.35. The van der Waals surface area contributed by atoms with Gasteiger partial charge in [0, 0.05) is 0 Å². The maximum absolute atomic E-state index is 12.5. The first-order valence-electron chi connectivity index (χ1n) is 8.22. The summed E-state index contributed by atoms with van der Waals surface area (Å²) in [4.78, 5) is 36.2. The average molecular weight is 369 g/mol. The van der Waals surface area contributed by atoms with Crippen molar-refractivity contribution in [1.82, 2.24) is 10.6 Å². The molecule has 0 heterocycles. The van der Waals surface area contributed by atoms with E-state index in [0.29, 0.717) is 6.42 Å². The molecule has 0 aliphatic carbocycles. The molecule has 3 N–H and O–H groups in total. The summed E-state index contributed by atoms with van der Waals surface area (Å²) in [5, 5.41) is 14.7. The molecule has 1 aromatic carbocycles. The molecule has 0 radical (unpaired) electrons. The number of benzene rings is 1.